The molecule has 1 aromatic carbocycles. The zero-order chi connectivity index (χ0) is 13.8. The summed E-state index contributed by atoms with van der Waals surface area (Å²) in [5, 5.41) is 16.0. The highest BCUT2D eigenvalue weighted by Gasteiger charge is 2.12. The van der Waals surface area contributed by atoms with Gasteiger partial charge >= 0.3 is 0 Å². The number of aliphatic hydroxyl groups is 1. The fraction of sp³-hybridized carbons (Fsp3) is 0.182. The van der Waals surface area contributed by atoms with Crippen LogP contribution in [0.5, 0.6) is 17.4 Å². The number of nitrogens with zero attached hydrogens (tertiary/aromatic N) is 3. The van der Waals surface area contributed by atoms with Crippen molar-refractivity contribution < 1.29 is 14.6 Å². The first-order valence-electron chi connectivity index (χ1n) is 5.15. The molecule has 1 heterocycles. The van der Waals surface area contributed by atoms with Gasteiger partial charge in [-0.25, -0.2) is 0 Å². The van der Waals surface area contributed by atoms with Crippen LogP contribution in [0.3, 0.4) is 0 Å². The van der Waals surface area contributed by atoms with Crippen molar-refractivity contribution in [2.75, 3.05) is 7.11 Å². The van der Waals surface area contributed by atoms with E-state index in [1.165, 1.54) is 7.11 Å². The number of aromatic nitrogens is 3. The molecule has 0 unspecified atom stereocenters. The van der Waals surface area contributed by atoms with E-state index < -0.39 is 0 Å². The fourth-order valence-electron chi connectivity index (χ4n) is 1.34. The van der Waals surface area contributed by atoms with Crippen LogP contribution in [0.1, 0.15) is 5.56 Å². The van der Waals surface area contributed by atoms with Gasteiger partial charge in [0.25, 0.3) is 5.88 Å². The largest absolute Gasteiger partial charge is 0.493 e. The van der Waals surface area contributed by atoms with Crippen LogP contribution in [0.4, 0.5) is 0 Å². The van der Waals surface area contributed by atoms with Crippen molar-refractivity contribution in [2.24, 2.45) is 0 Å². The number of aliphatic hydroxyl groups excluding tert-OH is 1. The van der Waals surface area contributed by atoms with Crippen LogP contribution in [0.15, 0.2) is 18.2 Å². The summed E-state index contributed by atoms with van der Waals surface area (Å²) < 4.78 is 10.6. The summed E-state index contributed by atoms with van der Waals surface area (Å²) in [7, 11) is 1.48. The van der Waals surface area contributed by atoms with E-state index in [0.717, 1.165) is 0 Å². The van der Waals surface area contributed by atoms with Crippen LogP contribution in [-0.2, 0) is 6.61 Å². The summed E-state index contributed by atoms with van der Waals surface area (Å²) in [6.07, 6.45) is 0. The van der Waals surface area contributed by atoms with E-state index in [1.54, 1.807) is 18.2 Å². The number of methoxy groups -OCH3 is 1. The number of ether oxygens (including phenoxy) is 2. The second kappa shape index (κ2) is 6.01. The lowest BCUT2D eigenvalue weighted by molar-refractivity contribution is 0.280. The Hall–Kier alpha value is -1.63. The van der Waals surface area contributed by atoms with Gasteiger partial charge < -0.3 is 14.6 Å². The summed E-state index contributed by atoms with van der Waals surface area (Å²) >= 11 is 11.4. The molecule has 1 N–H and O–H groups in total. The number of rotatable bonds is 4. The number of hydrogen-bond acceptors (Lipinski definition) is 6. The van der Waals surface area contributed by atoms with Crippen LogP contribution in [0, 0.1) is 0 Å². The highest BCUT2D eigenvalue weighted by molar-refractivity contribution is 6.31. The molecule has 0 aliphatic rings. The molecule has 0 amide bonds. The molecule has 0 spiro atoms. The van der Waals surface area contributed by atoms with E-state index in [1.807, 2.05) is 0 Å². The highest BCUT2D eigenvalue weighted by Crippen LogP contribution is 2.33. The molecule has 0 saturated heterocycles. The molecule has 0 bridgehead atoms. The molecule has 0 atom stereocenters. The molecule has 100 valence electrons. The molecule has 2 aromatic rings. The highest BCUT2D eigenvalue weighted by atomic mass is 35.5. The third-order valence-electron chi connectivity index (χ3n) is 2.21. The zero-order valence-electron chi connectivity index (χ0n) is 9.80. The molecule has 19 heavy (non-hydrogen) atoms. The Morgan fingerprint density at radius 3 is 2.68 bits per heavy atom. The molecule has 1 aromatic heterocycles. The Morgan fingerprint density at radius 1 is 1.21 bits per heavy atom. The minimum Gasteiger partial charge on any atom is -0.493 e. The molecule has 2 rings (SSSR count). The second-order valence-electron chi connectivity index (χ2n) is 3.42. The first-order chi connectivity index (χ1) is 9.13. The smallest absolute Gasteiger partial charge is 0.262 e. The summed E-state index contributed by atoms with van der Waals surface area (Å²) in [6, 6.07) is 4.94. The van der Waals surface area contributed by atoms with Gasteiger partial charge in [-0.2, -0.15) is 4.98 Å². The predicted octanol–water partition coefficient (Wildman–Crippen LogP) is 2.47. The monoisotopic (exact) mass is 301 g/mol. The fourth-order valence-corrected chi connectivity index (χ4v) is 1.58. The van der Waals surface area contributed by atoms with E-state index in [9.17, 15) is 0 Å². The molecule has 0 fully saturated rings. The third-order valence-corrected chi connectivity index (χ3v) is 2.61. The molecule has 0 aliphatic carbocycles. The third kappa shape index (κ3) is 3.23. The average molecular weight is 302 g/mol. The van der Waals surface area contributed by atoms with E-state index in [0.29, 0.717) is 17.1 Å². The first kappa shape index (κ1) is 13.8. The standard InChI is InChI=1S/C11H9Cl2N3O3/c1-18-8-4-6(5-17)2-3-7(8)19-10-9(12)15-16-11(13)14-10/h2-4,17H,5H2,1H3. The summed E-state index contributed by atoms with van der Waals surface area (Å²) in [4.78, 5) is 3.82. The Balaban J connectivity index is 2.35. The van der Waals surface area contributed by atoms with Gasteiger partial charge in [0.2, 0.25) is 10.4 Å². The van der Waals surface area contributed by atoms with Crippen LogP contribution in [-0.4, -0.2) is 27.4 Å². The maximum absolute atomic E-state index is 9.05. The van der Waals surface area contributed by atoms with Crippen molar-refractivity contribution in [1.29, 1.82) is 0 Å². The second-order valence-corrected chi connectivity index (χ2v) is 4.12. The number of halogens is 2. The molecule has 0 aliphatic heterocycles. The van der Waals surface area contributed by atoms with Gasteiger partial charge in [0.15, 0.2) is 11.5 Å². The van der Waals surface area contributed by atoms with E-state index in [-0.39, 0.29) is 22.9 Å². The molecule has 6 nitrogen and oxygen atoms in total. The van der Waals surface area contributed by atoms with E-state index in [4.69, 9.17) is 37.8 Å². The average Bonchev–Trinajstić information content (AvgIpc) is 2.43. The van der Waals surface area contributed by atoms with Gasteiger partial charge in [-0.15, -0.1) is 10.2 Å². The normalized spacial score (nSPS) is 10.3. The van der Waals surface area contributed by atoms with Gasteiger partial charge in [0.1, 0.15) is 0 Å². The lowest BCUT2D eigenvalue weighted by atomic mass is 10.2. The van der Waals surface area contributed by atoms with Crippen LogP contribution >= 0.6 is 23.2 Å². The van der Waals surface area contributed by atoms with Gasteiger partial charge in [-0.3, -0.25) is 0 Å². The Morgan fingerprint density at radius 2 is 2.00 bits per heavy atom. The van der Waals surface area contributed by atoms with Gasteiger partial charge in [-0.1, -0.05) is 17.7 Å². The minimum absolute atomic E-state index is 0.0160. The Kier molecular flexibility index (Phi) is 4.36. The molecular weight excluding hydrogens is 293 g/mol. The SMILES string of the molecule is COc1cc(CO)ccc1Oc1nc(Cl)nnc1Cl. The first-order valence-corrected chi connectivity index (χ1v) is 5.91. The number of benzene rings is 1. The lowest BCUT2D eigenvalue weighted by Crippen LogP contribution is -1.97. The zero-order valence-corrected chi connectivity index (χ0v) is 11.3. The quantitative estimate of drug-likeness (QED) is 0.935. The Bertz CT molecular complexity index is 595. The van der Waals surface area contributed by atoms with Crippen molar-refractivity contribution in [3.8, 4) is 17.4 Å². The molecule has 0 radical (unpaired) electrons. The van der Waals surface area contributed by atoms with Gasteiger partial charge in [0, 0.05) is 0 Å². The minimum atomic E-state index is -0.0989. The van der Waals surface area contributed by atoms with Crippen molar-refractivity contribution in [3.63, 3.8) is 0 Å². The van der Waals surface area contributed by atoms with E-state index >= 15 is 0 Å². The van der Waals surface area contributed by atoms with Gasteiger partial charge in [0.05, 0.1) is 13.7 Å². The topological polar surface area (TPSA) is 77.4 Å². The van der Waals surface area contributed by atoms with Crippen LogP contribution < -0.4 is 9.47 Å². The van der Waals surface area contributed by atoms with Crippen LogP contribution in [0.25, 0.3) is 0 Å². The molecule has 8 heteroatoms. The van der Waals surface area contributed by atoms with E-state index in [2.05, 4.69) is 15.2 Å². The predicted molar refractivity (Wildman–Crippen MR) is 68.8 cm³/mol. The molecular formula is C11H9Cl2N3O3. The van der Waals surface area contributed by atoms with Gasteiger partial charge in [-0.05, 0) is 29.3 Å². The van der Waals surface area contributed by atoms with Crippen molar-refractivity contribution in [1.82, 2.24) is 15.2 Å². The summed E-state index contributed by atoms with van der Waals surface area (Å²) in [5.41, 5.74) is 0.689. The van der Waals surface area contributed by atoms with Crippen LogP contribution in [0.2, 0.25) is 10.4 Å². The van der Waals surface area contributed by atoms with Crippen molar-refractivity contribution >= 4 is 23.2 Å². The summed E-state index contributed by atoms with van der Waals surface area (Å²) in [5.74, 6) is 0.826. The Labute approximate surface area is 118 Å². The van der Waals surface area contributed by atoms with Crippen molar-refractivity contribution in [3.05, 3.63) is 34.2 Å². The van der Waals surface area contributed by atoms with Crippen molar-refractivity contribution in [2.45, 2.75) is 6.61 Å². The lowest BCUT2D eigenvalue weighted by Gasteiger charge is -2.10. The maximum atomic E-state index is 9.05. The number of hydrogen-bond donors (Lipinski definition) is 1. The molecule has 0 saturated carbocycles. The maximum Gasteiger partial charge on any atom is 0.262 e. The summed E-state index contributed by atoms with van der Waals surface area (Å²) in [6.45, 7) is -0.0989.